The molecule has 2 atom stereocenters. The largest absolute Gasteiger partial charge is 0.403 e. The van der Waals surface area contributed by atoms with Gasteiger partial charge in [0.25, 0.3) is 0 Å². The number of hydrogen-bond donors (Lipinski definition) is 0. The Bertz CT molecular complexity index is 1660. The van der Waals surface area contributed by atoms with E-state index in [1.165, 1.54) is 30.1 Å². The van der Waals surface area contributed by atoms with Gasteiger partial charge in [0, 0.05) is 48.5 Å². The second-order valence-electron chi connectivity index (χ2n) is 12.1. The van der Waals surface area contributed by atoms with Gasteiger partial charge in [0.1, 0.15) is 22.8 Å². The fourth-order valence-corrected chi connectivity index (χ4v) is 6.62. The molecule has 1 unspecified atom stereocenters. The number of halogens is 4. The normalized spacial score (nSPS) is 16.4. The molecular formula is C32H35ClF3N5O2S. The van der Waals surface area contributed by atoms with E-state index in [1.54, 1.807) is 12.3 Å². The molecule has 0 aliphatic carbocycles. The van der Waals surface area contributed by atoms with Gasteiger partial charge in [-0.3, -0.25) is 9.69 Å². The van der Waals surface area contributed by atoms with Crippen molar-refractivity contribution >= 4 is 44.9 Å². The molecule has 5 rings (SSSR count). The third-order valence-electron chi connectivity index (χ3n) is 7.64. The summed E-state index contributed by atoms with van der Waals surface area (Å²) in [5.41, 5.74) is 4.19. The first-order valence-electron chi connectivity index (χ1n) is 14.4. The van der Waals surface area contributed by atoms with Crippen LogP contribution in [-0.2, 0) is 9.53 Å². The number of anilines is 1. The molecule has 1 aliphatic rings. The topological polar surface area (TPSA) is 71.5 Å². The molecule has 0 spiro atoms. The summed E-state index contributed by atoms with van der Waals surface area (Å²) in [6.07, 6.45) is -3.41. The number of alkyl halides is 3. The molecule has 4 aromatic rings. The molecule has 1 aliphatic heterocycles. The maximum Gasteiger partial charge on any atom is 0.403 e. The van der Waals surface area contributed by atoms with Crippen molar-refractivity contribution in [1.82, 2.24) is 19.9 Å². The fraction of sp³-hybridized carbons (Fsp3) is 0.438. The average molecular weight is 646 g/mol. The number of hydrogen-bond acceptors (Lipinski definition) is 8. The van der Waals surface area contributed by atoms with E-state index in [0.29, 0.717) is 34.8 Å². The minimum Gasteiger partial charge on any atom is -0.360 e. The van der Waals surface area contributed by atoms with Gasteiger partial charge < -0.3 is 9.64 Å². The van der Waals surface area contributed by atoms with Gasteiger partial charge in [-0.1, -0.05) is 23.7 Å². The summed E-state index contributed by atoms with van der Waals surface area (Å²) in [6, 6.07) is 9.73. The Morgan fingerprint density at radius 1 is 1.05 bits per heavy atom. The van der Waals surface area contributed by atoms with Crippen LogP contribution in [0.2, 0.25) is 5.02 Å². The number of thiazole rings is 1. The molecular weight excluding hydrogens is 611 g/mol. The lowest BCUT2D eigenvalue weighted by molar-refractivity contribution is -0.179. The first-order chi connectivity index (χ1) is 20.6. The van der Waals surface area contributed by atoms with Crippen molar-refractivity contribution in [2.45, 2.75) is 65.5 Å². The number of carbonyl (C=O) groups is 1. The maximum absolute atomic E-state index is 13.2. The van der Waals surface area contributed by atoms with Crippen molar-refractivity contribution in [3.8, 4) is 21.8 Å². The SMILES string of the molecule is CC(=O)[C@@H](OC(C)(C)C)c1c(C)cc2nc(-c3ccnc(N4CCN(C(C)C(F)(F)F)CC4)n3)sc2c1-c1ccc(Cl)cc1. The van der Waals surface area contributed by atoms with E-state index < -0.39 is 23.9 Å². The Labute approximate surface area is 264 Å². The summed E-state index contributed by atoms with van der Waals surface area (Å²) in [7, 11) is 0. The number of ether oxygens (including phenoxy) is 1. The van der Waals surface area contributed by atoms with Gasteiger partial charge in [0.15, 0.2) is 5.78 Å². The molecule has 1 fully saturated rings. The van der Waals surface area contributed by atoms with Gasteiger partial charge in [-0.25, -0.2) is 15.0 Å². The summed E-state index contributed by atoms with van der Waals surface area (Å²) in [4.78, 5) is 30.5. The maximum atomic E-state index is 13.2. The standard InChI is InChI=1S/C32H35ClF3N5O2S/c1-18-17-24-28(26(21-7-9-22(33)10-8-21)25(18)27(19(2)42)43-31(4,5)6)44-29(38-24)23-11-12-37-30(39-23)41-15-13-40(14-16-41)20(3)32(34,35)36/h7-12,17,20,27H,13-16H2,1-6H3/t20?,27-/m1/s1. The van der Waals surface area contributed by atoms with E-state index >= 15 is 0 Å². The lowest BCUT2D eigenvalue weighted by Gasteiger charge is -2.38. The van der Waals surface area contributed by atoms with E-state index in [9.17, 15) is 18.0 Å². The Morgan fingerprint density at radius 2 is 1.70 bits per heavy atom. The van der Waals surface area contributed by atoms with Gasteiger partial charge in [-0.05, 0) is 76.9 Å². The number of benzene rings is 2. The molecule has 0 N–H and O–H groups in total. The lowest BCUT2D eigenvalue weighted by atomic mass is 9.90. The van der Waals surface area contributed by atoms with Crippen LogP contribution in [0.3, 0.4) is 0 Å². The highest BCUT2D eigenvalue weighted by Crippen LogP contribution is 2.44. The van der Waals surface area contributed by atoms with Gasteiger partial charge in [-0.15, -0.1) is 11.3 Å². The van der Waals surface area contributed by atoms with Crippen molar-refractivity contribution < 1.29 is 22.7 Å². The predicted molar refractivity (Wildman–Crippen MR) is 169 cm³/mol. The molecule has 0 bridgehead atoms. The first kappa shape index (κ1) is 32.3. The summed E-state index contributed by atoms with van der Waals surface area (Å²) in [5, 5.41) is 1.26. The summed E-state index contributed by atoms with van der Waals surface area (Å²) in [5.74, 6) is 0.346. The van der Waals surface area contributed by atoms with Gasteiger partial charge in [0.2, 0.25) is 5.95 Å². The molecule has 7 nitrogen and oxygen atoms in total. The quantitative estimate of drug-likeness (QED) is 0.202. The Hall–Kier alpha value is -3.12. The van der Waals surface area contributed by atoms with Crippen LogP contribution >= 0.6 is 22.9 Å². The number of fused-ring (bicyclic) bond motifs is 1. The first-order valence-corrected chi connectivity index (χ1v) is 15.6. The number of aryl methyl sites for hydroxylation is 1. The monoisotopic (exact) mass is 645 g/mol. The van der Waals surface area contributed by atoms with Crippen LogP contribution in [0.1, 0.15) is 51.8 Å². The number of Topliss-reactive ketones (excluding diaryl/α,β-unsaturated/α-hetero) is 1. The van der Waals surface area contributed by atoms with Crippen LogP contribution in [0.4, 0.5) is 19.1 Å². The van der Waals surface area contributed by atoms with Crippen molar-refractivity contribution in [2.24, 2.45) is 0 Å². The number of nitrogens with zero attached hydrogens (tertiary/aromatic N) is 5. The third kappa shape index (κ3) is 6.91. The van der Waals surface area contributed by atoms with Crippen molar-refractivity contribution in [1.29, 1.82) is 0 Å². The summed E-state index contributed by atoms with van der Waals surface area (Å²) in [6.45, 7) is 11.7. The van der Waals surface area contributed by atoms with Crippen molar-refractivity contribution in [3.05, 3.63) is 58.7 Å². The third-order valence-corrected chi connectivity index (χ3v) is 9.01. The smallest absolute Gasteiger partial charge is 0.360 e. The van der Waals surface area contributed by atoms with E-state index in [2.05, 4.69) is 4.98 Å². The molecule has 234 valence electrons. The van der Waals surface area contributed by atoms with Crippen molar-refractivity contribution in [3.63, 3.8) is 0 Å². The Morgan fingerprint density at radius 3 is 2.30 bits per heavy atom. The highest BCUT2D eigenvalue weighted by Gasteiger charge is 2.41. The van der Waals surface area contributed by atoms with Crippen LogP contribution in [0, 0.1) is 6.92 Å². The van der Waals surface area contributed by atoms with Gasteiger partial charge in [-0.2, -0.15) is 13.2 Å². The summed E-state index contributed by atoms with van der Waals surface area (Å²) >= 11 is 7.69. The van der Waals surface area contributed by atoms with Crippen LogP contribution in [0.5, 0.6) is 0 Å². The minimum atomic E-state index is -4.27. The Kier molecular flexibility index (Phi) is 9.06. The van der Waals surface area contributed by atoms with Crippen LogP contribution in [0.15, 0.2) is 42.6 Å². The number of piperazine rings is 1. The van der Waals surface area contributed by atoms with E-state index in [1.807, 2.05) is 62.9 Å². The number of aromatic nitrogens is 3. The molecule has 0 amide bonds. The zero-order valence-electron chi connectivity index (χ0n) is 25.5. The average Bonchev–Trinajstić information content (AvgIpc) is 3.38. The fourth-order valence-electron chi connectivity index (χ4n) is 5.40. The van der Waals surface area contributed by atoms with Crippen molar-refractivity contribution in [2.75, 3.05) is 31.1 Å². The van der Waals surface area contributed by atoms with E-state index in [4.69, 9.17) is 26.3 Å². The van der Waals surface area contributed by atoms with Gasteiger partial charge >= 0.3 is 6.18 Å². The minimum absolute atomic E-state index is 0.104. The molecule has 12 heteroatoms. The number of rotatable bonds is 7. The Balaban J connectivity index is 1.56. The van der Waals surface area contributed by atoms with E-state index in [-0.39, 0.29) is 18.9 Å². The molecule has 0 radical (unpaired) electrons. The molecule has 1 saturated heterocycles. The lowest BCUT2D eigenvalue weighted by Crippen LogP contribution is -2.54. The van der Waals surface area contributed by atoms with Gasteiger partial charge in [0.05, 0.1) is 15.8 Å². The number of ketones is 1. The second kappa shape index (κ2) is 12.3. The van der Waals surface area contributed by atoms with Crippen LogP contribution in [0.25, 0.3) is 32.0 Å². The highest BCUT2D eigenvalue weighted by atomic mass is 35.5. The molecule has 3 heterocycles. The molecule has 2 aromatic carbocycles. The van der Waals surface area contributed by atoms with E-state index in [0.717, 1.165) is 32.5 Å². The molecule has 0 saturated carbocycles. The zero-order chi connectivity index (χ0) is 32.0. The van der Waals surface area contributed by atoms with Crippen LogP contribution < -0.4 is 4.90 Å². The predicted octanol–water partition coefficient (Wildman–Crippen LogP) is 7.90. The highest BCUT2D eigenvalue weighted by molar-refractivity contribution is 7.22. The second-order valence-corrected chi connectivity index (χ2v) is 13.5. The molecule has 2 aromatic heterocycles. The molecule has 44 heavy (non-hydrogen) atoms. The van der Waals surface area contributed by atoms with Crippen LogP contribution in [-0.4, -0.2) is 69.6 Å². The number of carbonyl (C=O) groups excluding carboxylic acids is 1. The summed E-state index contributed by atoms with van der Waals surface area (Å²) < 4.78 is 46.9. The zero-order valence-corrected chi connectivity index (χ0v) is 27.1.